The number of benzene rings is 1. The maximum Gasteiger partial charge on any atom is 0.315 e. The number of nitrogens with one attached hydrogen (secondary N) is 2. The quantitative estimate of drug-likeness (QED) is 0.800. The lowest BCUT2D eigenvalue weighted by Gasteiger charge is -2.15. The summed E-state index contributed by atoms with van der Waals surface area (Å²) in [6.45, 7) is 3.51. The average Bonchev–Trinajstić information content (AvgIpc) is 3.14. The Morgan fingerprint density at radius 1 is 1.42 bits per heavy atom. The van der Waals surface area contributed by atoms with Crippen LogP contribution < -0.4 is 10.6 Å². The molecule has 1 heterocycles. The van der Waals surface area contributed by atoms with E-state index in [0.717, 1.165) is 49.2 Å². The summed E-state index contributed by atoms with van der Waals surface area (Å²) in [5.74, 6) is 0.755. The minimum absolute atomic E-state index is 0.0932. The Kier molecular flexibility index (Phi) is 5.13. The fourth-order valence-electron chi connectivity index (χ4n) is 3.18. The van der Waals surface area contributed by atoms with Gasteiger partial charge in [0.05, 0.1) is 6.04 Å². The van der Waals surface area contributed by atoms with E-state index >= 15 is 0 Å². The topological polar surface area (TPSA) is 59.0 Å². The van der Waals surface area contributed by atoms with Crippen LogP contribution in [0.15, 0.2) is 30.6 Å². The van der Waals surface area contributed by atoms with Crippen LogP contribution in [0.2, 0.25) is 0 Å². The third-order valence-corrected chi connectivity index (χ3v) is 4.53. The van der Waals surface area contributed by atoms with E-state index in [0.29, 0.717) is 6.54 Å². The van der Waals surface area contributed by atoms with Crippen LogP contribution in [0.25, 0.3) is 0 Å². The Hall–Kier alpha value is -2.37. The van der Waals surface area contributed by atoms with E-state index in [9.17, 15) is 9.18 Å². The molecule has 0 aliphatic heterocycles. The van der Waals surface area contributed by atoms with Gasteiger partial charge in [0.1, 0.15) is 11.6 Å². The van der Waals surface area contributed by atoms with Crippen molar-refractivity contribution >= 4 is 6.03 Å². The Morgan fingerprint density at radius 2 is 2.29 bits per heavy atom. The van der Waals surface area contributed by atoms with Crippen LogP contribution in [-0.4, -0.2) is 22.1 Å². The van der Waals surface area contributed by atoms with Crippen LogP contribution >= 0.6 is 0 Å². The second-order valence-corrected chi connectivity index (χ2v) is 6.21. The molecule has 0 bridgehead atoms. The Labute approximate surface area is 141 Å². The van der Waals surface area contributed by atoms with Gasteiger partial charge in [0, 0.05) is 25.5 Å². The molecule has 2 N–H and O–H groups in total. The second-order valence-electron chi connectivity index (χ2n) is 6.21. The number of aromatic nitrogens is 2. The molecule has 5 nitrogen and oxygen atoms in total. The summed E-state index contributed by atoms with van der Waals surface area (Å²) in [5.41, 5.74) is 2.03. The fourth-order valence-corrected chi connectivity index (χ4v) is 3.18. The summed E-state index contributed by atoms with van der Waals surface area (Å²) >= 11 is 0. The van der Waals surface area contributed by atoms with E-state index in [1.54, 1.807) is 6.20 Å². The van der Waals surface area contributed by atoms with Gasteiger partial charge < -0.3 is 15.2 Å². The monoisotopic (exact) mass is 330 g/mol. The molecule has 1 aliphatic rings. The number of hydrogen-bond donors (Lipinski definition) is 2. The Bertz CT molecular complexity index is 713. The van der Waals surface area contributed by atoms with Gasteiger partial charge in [0.15, 0.2) is 0 Å². The number of rotatable bonds is 6. The molecule has 2 aromatic rings. The number of carbonyl (C=O) groups excluding carboxylic acids is 1. The first-order valence-electron chi connectivity index (χ1n) is 8.44. The standard InChI is InChI=1S/C18H23FN4O/c1-13-20-9-11-23(13)10-3-2-8-21-18(24)22-17-7-5-14-4-6-15(19)12-16(14)17/h4,6,9,11-12,17H,2-3,5,7-8,10H2,1H3,(H2,21,22,24)/t17-/m0/s1. The number of halogens is 1. The van der Waals surface area contributed by atoms with Crippen molar-refractivity contribution in [2.24, 2.45) is 0 Å². The molecule has 0 fully saturated rings. The van der Waals surface area contributed by atoms with Gasteiger partial charge >= 0.3 is 6.03 Å². The van der Waals surface area contributed by atoms with E-state index in [1.807, 2.05) is 19.2 Å². The summed E-state index contributed by atoms with van der Waals surface area (Å²) in [7, 11) is 0. The van der Waals surface area contributed by atoms with Crippen molar-refractivity contribution in [1.82, 2.24) is 20.2 Å². The fraction of sp³-hybridized carbons (Fsp3) is 0.444. The van der Waals surface area contributed by atoms with Crippen LogP contribution in [0, 0.1) is 12.7 Å². The van der Waals surface area contributed by atoms with Gasteiger partial charge in [0.2, 0.25) is 0 Å². The lowest BCUT2D eigenvalue weighted by Crippen LogP contribution is -2.37. The van der Waals surface area contributed by atoms with Gasteiger partial charge in [-0.1, -0.05) is 6.07 Å². The van der Waals surface area contributed by atoms with Crippen molar-refractivity contribution in [2.75, 3.05) is 6.54 Å². The molecule has 2 amide bonds. The van der Waals surface area contributed by atoms with Gasteiger partial charge in [-0.05, 0) is 55.9 Å². The van der Waals surface area contributed by atoms with Crippen molar-refractivity contribution in [3.63, 3.8) is 0 Å². The number of unbranched alkanes of at least 4 members (excludes halogenated alkanes) is 1. The Morgan fingerprint density at radius 3 is 3.08 bits per heavy atom. The molecule has 1 atom stereocenters. The maximum atomic E-state index is 13.4. The molecular weight excluding hydrogens is 307 g/mol. The summed E-state index contributed by atoms with van der Waals surface area (Å²) in [6, 6.07) is 4.53. The molecule has 24 heavy (non-hydrogen) atoms. The molecule has 0 saturated heterocycles. The molecule has 1 aromatic carbocycles. The highest BCUT2D eigenvalue weighted by Crippen LogP contribution is 2.31. The molecule has 1 aromatic heterocycles. The predicted octanol–water partition coefficient (Wildman–Crippen LogP) is 3.10. The van der Waals surface area contributed by atoms with Crippen LogP contribution in [0.4, 0.5) is 9.18 Å². The van der Waals surface area contributed by atoms with Crippen molar-refractivity contribution in [2.45, 2.75) is 45.2 Å². The third-order valence-electron chi connectivity index (χ3n) is 4.53. The smallest absolute Gasteiger partial charge is 0.315 e. The van der Waals surface area contributed by atoms with E-state index in [1.165, 1.54) is 12.1 Å². The van der Waals surface area contributed by atoms with E-state index < -0.39 is 0 Å². The molecular formula is C18H23FN4O. The second kappa shape index (κ2) is 7.47. The SMILES string of the molecule is Cc1nccn1CCCCNC(=O)N[C@H]1CCc2ccc(F)cc21. The normalized spacial score (nSPS) is 16.0. The number of carbonyl (C=O) groups is 1. The van der Waals surface area contributed by atoms with Crippen molar-refractivity contribution in [3.05, 3.63) is 53.4 Å². The molecule has 0 unspecified atom stereocenters. The zero-order valence-corrected chi connectivity index (χ0v) is 13.9. The highest BCUT2D eigenvalue weighted by atomic mass is 19.1. The summed E-state index contributed by atoms with van der Waals surface area (Å²) in [4.78, 5) is 16.2. The molecule has 6 heteroatoms. The number of nitrogens with zero attached hydrogens (tertiary/aromatic N) is 2. The van der Waals surface area contributed by atoms with Gasteiger partial charge in [-0.3, -0.25) is 0 Å². The van der Waals surface area contributed by atoms with Gasteiger partial charge in [-0.25, -0.2) is 14.2 Å². The minimum atomic E-state index is -0.252. The van der Waals surface area contributed by atoms with E-state index in [4.69, 9.17) is 0 Å². The average molecular weight is 330 g/mol. The first-order chi connectivity index (χ1) is 11.6. The van der Waals surface area contributed by atoms with Gasteiger partial charge in [0.25, 0.3) is 0 Å². The van der Waals surface area contributed by atoms with Crippen molar-refractivity contribution in [1.29, 1.82) is 0 Å². The van der Waals surface area contributed by atoms with Gasteiger partial charge in [-0.15, -0.1) is 0 Å². The van der Waals surface area contributed by atoms with Crippen molar-refractivity contribution in [3.8, 4) is 0 Å². The van der Waals surface area contributed by atoms with Gasteiger partial charge in [-0.2, -0.15) is 0 Å². The predicted molar refractivity (Wildman–Crippen MR) is 90.2 cm³/mol. The minimum Gasteiger partial charge on any atom is -0.338 e. The van der Waals surface area contributed by atoms with Crippen LogP contribution in [0.5, 0.6) is 0 Å². The number of amides is 2. The van der Waals surface area contributed by atoms with Crippen LogP contribution in [0.3, 0.4) is 0 Å². The highest BCUT2D eigenvalue weighted by Gasteiger charge is 2.24. The highest BCUT2D eigenvalue weighted by molar-refractivity contribution is 5.74. The van der Waals surface area contributed by atoms with E-state index in [-0.39, 0.29) is 17.9 Å². The van der Waals surface area contributed by atoms with Crippen LogP contribution in [-0.2, 0) is 13.0 Å². The zero-order chi connectivity index (χ0) is 16.9. The summed E-state index contributed by atoms with van der Waals surface area (Å²) in [5, 5.41) is 5.82. The molecule has 3 rings (SSSR count). The summed E-state index contributed by atoms with van der Waals surface area (Å²) < 4.78 is 15.5. The number of fused-ring (bicyclic) bond motifs is 1. The third kappa shape index (κ3) is 3.93. The van der Waals surface area contributed by atoms with E-state index in [2.05, 4.69) is 20.2 Å². The number of hydrogen-bond acceptors (Lipinski definition) is 2. The maximum absolute atomic E-state index is 13.4. The molecule has 0 saturated carbocycles. The molecule has 128 valence electrons. The lowest BCUT2D eigenvalue weighted by atomic mass is 10.1. The largest absolute Gasteiger partial charge is 0.338 e. The first kappa shape index (κ1) is 16.5. The van der Waals surface area contributed by atoms with Crippen molar-refractivity contribution < 1.29 is 9.18 Å². The number of urea groups is 1. The number of imidazole rings is 1. The zero-order valence-electron chi connectivity index (χ0n) is 13.9. The van der Waals surface area contributed by atoms with Crippen LogP contribution in [0.1, 0.15) is 42.3 Å². The summed E-state index contributed by atoms with van der Waals surface area (Å²) in [6.07, 6.45) is 7.35. The molecule has 0 spiro atoms. The number of aryl methyl sites for hydroxylation is 3. The first-order valence-corrected chi connectivity index (χ1v) is 8.44. The molecule has 1 aliphatic carbocycles. The lowest BCUT2D eigenvalue weighted by molar-refractivity contribution is 0.236. The molecule has 0 radical (unpaired) electrons. The Balaban J connectivity index is 1.38.